The Balaban J connectivity index is 2.42. The van der Waals surface area contributed by atoms with Gasteiger partial charge in [0.25, 0.3) is 10.0 Å². The molecule has 4 N–H and O–H groups in total. The number of rotatable bonds is 5. The lowest BCUT2D eigenvalue weighted by Gasteiger charge is -2.11. The number of sulfonamides is 1. The van der Waals surface area contributed by atoms with E-state index in [1.165, 1.54) is 24.7 Å². The van der Waals surface area contributed by atoms with Gasteiger partial charge in [0.2, 0.25) is 0 Å². The van der Waals surface area contributed by atoms with Crippen LogP contribution in [0.1, 0.15) is 12.5 Å². The average Bonchev–Trinajstić information content (AvgIpc) is 2.87. The molecule has 0 aliphatic rings. The minimum absolute atomic E-state index is 0.103. The third-order valence-electron chi connectivity index (χ3n) is 2.78. The van der Waals surface area contributed by atoms with Gasteiger partial charge >= 0.3 is 0 Å². The number of hydrogen-bond acceptors (Lipinski definition) is 4. The van der Waals surface area contributed by atoms with Crippen molar-refractivity contribution in [1.82, 2.24) is 9.55 Å². The summed E-state index contributed by atoms with van der Waals surface area (Å²) >= 11 is 0. The maximum absolute atomic E-state index is 13.7. The molecule has 1 aromatic heterocycles. The summed E-state index contributed by atoms with van der Waals surface area (Å²) < 4.78 is 41.8. The number of aryl methyl sites for hydroxylation is 1. The van der Waals surface area contributed by atoms with Gasteiger partial charge in [-0.1, -0.05) is 6.07 Å². The van der Waals surface area contributed by atoms with Crippen molar-refractivity contribution in [2.24, 2.45) is 5.73 Å². The molecule has 0 aliphatic carbocycles. The van der Waals surface area contributed by atoms with Gasteiger partial charge in [-0.3, -0.25) is 10.1 Å². The van der Waals surface area contributed by atoms with Crippen LogP contribution >= 0.6 is 0 Å². The molecular weight excluding hydrogens is 297 g/mol. The van der Waals surface area contributed by atoms with Crippen LogP contribution in [0.15, 0.2) is 35.7 Å². The molecule has 2 aromatic rings. The molecule has 1 aromatic carbocycles. The number of aromatic nitrogens is 2. The Morgan fingerprint density at radius 1 is 1.52 bits per heavy atom. The van der Waals surface area contributed by atoms with E-state index in [1.54, 1.807) is 4.57 Å². The molecule has 0 radical (unpaired) electrons. The number of halogens is 1. The minimum Gasteiger partial charge on any atom is -0.384 e. The molecular formula is C12H14FN5O2S. The predicted molar refractivity (Wildman–Crippen MR) is 76.1 cm³/mol. The molecule has 7 nitrogen and oxygen atoms in total. The lowest BCUT2D eigenvalue weighted by molar-refractivity contribution is 0.597. The SMILES string of the molecule is CCn1cnc(S(=O)(=O)Nc2cccc(F)c2C(=N)N)c1. The summed E-state index contributed by atoms with van der Waals surface area (Å²) in [4.78, 5) is 3.79. The van der Waals surface area contributed by atoms with E-state index in [0.29, 0.717) is 6.54 Å². The Hall–Kier alpha value is -2.42. The second kappa shape index (κ2) is 5.52. The van der Waals surface area contributed by atoms with Crippen LogP contribution < -0.4 is 10.5 Å². The number of imidazole rings is 1. The molecule has 9 heteroatoms. The van der Waals surface area contributed by atoms with Crippen LogP contribution in [0.2, 0.25) is 0 Å². The Kier molecular flexibility index (Phi) is 3.94. The van der Waals surface area contributed by atoms with Crippen LogP contribution in [-0.4, -0.2) is 23.8 Å². The lowest BCUT2D eigenvalue weighted by Crippen LogP contribution is -2.20. The van der Waals surface area contributed by atoms with Crippen molar-refractivity contribution in [3.05, 3.63) is 42.1 Å². The van der Waals surface area contributed by atoms with Gasteiger partial charge in [0, 0.05) is 12.7 Å². The van der Waals surface area contributed by atoms with E-state index in [0.717, 1.165) is 6.07 Å². The van der Waals surface area contributed by atoms with E-state index in [9.17, 15) is 12.8 Å². The molecule has 0 amide bonds. The van der Waals surface area contributed by atoms with Crippen LogP contribution in [0.5, 0.6) is 0 Å². The van der Waals surface area contributed by atoms with Gasteiger partial charge in [-0.15, -0.1) is 0 Å². The van der Waals surface area contributed by atoms with Gasteiger partial charge in [0.1, 0.15) is 11.7 Å². The van der Waals surface area contributed by atoms with Crippen molar-refractivity contribution in [2.75, 3.05) is 4.72 Å². The first kappa shape index (κ1) is 15.0. The van der Waals surface area contributed by atoms with Gasteiger partial charge in [-0.2, -0.15) is 8.42 Å². The molecule has 0 aliphatic heterocycles. The van der Waals surface area contributed by atoms with Gasteiger partial charge in [0.05, 0.1) is 17.6 Å². The van der Waals surface area contributed by atoms with Gasteiger partial charge < -0.3 is 10.3 Å². The number of benzene rings is 1. The quantitative estimate of drug-likeness (QED) is 0.567. The first-order valence-corrected chi connectivity index (χ1v) is 7.51. The lowest BCUT2D eigenvalue weighted by atomic mass is 10.1. The van der Waals surface area contributed by atoms with E-state index < -0.39 is 21.7 Å². The summed E-state index contributed by atoms with van der Waals surface area (Å²) in [5.74, 6) is -1.34. The molecule has 0 fully saturated rings. The van der Waals surface area contributed by atoms with E-state index in [1.807, 2.05) is 6.92 Å². The second-order valence-electron chi connectivity index (χ2n) is 4.22. The van der Waals surface area contributed by atoms with Crippen molar-refractivity contribution in [1.29, 1.82) is 5.41 Å². The minimum atomic E-state index is -3.98. The normalized spacial score (nSPS) is 11.3. The highest BCUT2D eigenvalue weighted by molar-refractivity contribution is 7.92. The van der Waals surface area contributed by atoms with Crippen molar-refractivity contribution in [3.8, 4) is 0 Å². The maximum atomic E-state index is 13.7. The largest absolute Gasteiger partial charge is 0.384 e. The molecule has 0 spiro atoms. The number of nitrogens with zero attached hydrogens (tertiary/aromatic N) is 2. The summed E-state index contributed by atoms with van der Waals surface area (Å²) in [7, 11) is -3.98. The third kappa shape index (κ3) is 3.02. The zero-order chi connectivity index (χ0) is 15.6. The highest BCUT2D eigenvalue weighted by Gasteiger charge is 2.21. The van der Waals surface area contributed by atoms with Crippen LogP contribution in [0.4, 0.5) is 10.1 Å². The monoisotopic (exact) mass is 311 g/mol. The maximum Gasteiger partial charge on any atom is 0.280 e. The fraction of sp³-hybridized carbons (Fsp3) is 0.167. The first-order valence-electron chi connectivity index (χ1n) is 6.02. The molecule has 0 unspecified atom stereocenters. The standard InChI is InChI=1S/C12H14FN5O2S/c1-2-18-6-10(16-7-18)21(19,20)17-9-5-3-4-8(13)11(9)12(14)15/h3-7,17H,2H2,1H3,(H3,14,15). The van der Waals surface area contributed by atoms with Crippen LogP contribution in [0.25, 0.3) is 0 Å². The molecule has 2 rings (SSSR count). The fourth-order valence-electron chi connectivity index (χ4n) is 1.73. The highest BCUT2D eigenvalue weighted by atomic mass is 32.2. The number of hydrogen-bond donors (Lipinski definition) is 3. The highest BCUT2D eigenvalue weighted by Crippen LogP contribution is 2.21. The summed E-state index contributed by atoms with van der Waals surface area (Å²) in [6.45, 7) is 2.41. The van der Waals surface area contributed by atoms with Crippen molar-refractivity contribution < 1.29 is 12.8 Å². The zero-order valence-electron chi connectivity index (χ0n) is 11.2. The molecule has 0 bridgehead atoms. The van der Waals surface area contributed by atoms with E-state index in [4.69, 9.17) is 11.1 Å². The molecule has 0 saturated carbocycles. The summed E-state index contributed by atoms with van der Waals surface area (Å²) in [6.07, 6.45) is 2.74. The Morgan fingerprint density at radius 2 is 2.24 bits per heavy atom. The van der Waals surface area contributed by atoms with E-state index >= 15 is 0 Å². The number of nitrogens with one attached hydrogen (secondary N) is 2. The summed E-state index contributed by atoms with van der Waals surface area (Å²) in [5.41, 5.74) is 4.89. The second-order valence-corrected chi connectivity index (χ2v) is 5.85. The third-order valence-corrected chi connectivity index (χ3v) is 4.03. The Morgan fingerprint density at radius 3 is 2.81 bits per heavy atom. The molecule has 1 heterocycles. The first-order chi connectivity index (χ1) is 9.85. The Bertz CT molecular complexity index is 785. The summed E-state index contributed by atoms with van der Waals surface area (Å²) in [5, 5.41) is 7.16. The number of amidine groups is 1. The summed E-state index contributed by atoms with van der Waals surface area (Å²) in [6, 6.07) is 3.75. The van der Waals surface area contributed by atoms with Crippen LogP contribution in [0, 0.1) is 11.2 Å². The molecule has 21 heavy (non-hydrogen) atoms. The molecule has 0 atom stereocenters. The number of anilines is 1. The van der Waals surface area contributed by atoms with Gasteiger partial charge in [-0.25, -0.2) is 9.37 Å². The average molecular weight is 311 g/mol. The zero-order valence-corrected chi connectivity index (χ0v) is 12.0. The smallest absolute Gasteiger partial charge is 0.280 e. The van der Waals surface area contributed by atoms with Gasteiger partial charge in [0.15, 0.2) is 5.03 Å². The van der Waals surface area contributed by atoms with Gasteiger partial charge in [-0.05, 0) is 19.1 Å². The van der Waals surface area contributed by atoms with Crippen molar-refractivity contribution in [3.63, 3.8) is 0 Å². The predicted octanol–water partition coefficient (Wildman–Crippen LogP) is 1.13. The van der Waals surface area contributed by atoms with E-state index in [2.05, 4.69) is 9.71 Å². The number of nitrogens with two attached hydrogens (primary N) is 1. The fourth-order valence-corrected chi connectivity index (χ4v) is 2.76. The van der Waals surface area contributed by atoms with Crippen molar-refractivity contribution in [2.45, 2.75) is 18.5 Å². The topological polar surface area (TPSA) is 114 Å². The van der Waals surface area contributed by atoms with Crippen LogP contribution in [0.3, 0.4) is 0 Å². The molecule has 112 valence electrons. The van der Waals surface area contributed by atoms with Crippen LogP contribution in [-0.2, 0) is 16.6 Å². The van der Waals surface area contributed by atoms with E-state index in [-0.39, 0.29) is 16.3 Å². The Labute approximate surface area is 121 Å². The molecule has 0 saturated heterocycles. The number of nitrogen functional groups attached to an aromatic ring is 1. The van der Waals surface area contributed by atoms with Crippen molar-refractivity contribution >= 4 is 21.5 Å².